The van der Waals surface area contributed by atoms with Gasteiger partial charge in [0.15, 0.2) is 0 Å². The van der Waals surface area contributed by atoms with Gasteiger partial charge in [0.2, 0.25) is 8.32 Å². The average Bonchev–Trinajstić information content (AvgIpc) is 3.46. The van der Waals surface area contributed by atoms with Crippen LogP contribution in [0.4, 0.5) is 0 Å². The Morgan fingerprint density at radius 2 is 1.85 bits per heavy atom. The summed E-state index contributed by atoms with van der Waals surface area (Å²) in [6.45, 7) is 12.3. The molecule has 0 spiro atoms. The second-order valence-corrected chi connectivity index (χ2v) is 13.3. The normalized spacial score (nSPS) is 18.1. The number of aryl methyl sites for hydroxylation is 1. The molecule has 0 heterocycles. The molecule has 1 aliphatic carbocycles. The summed E-state index contributed by atoms with van der Waals surface area (Å²) < 4.78 is 12.7. The molecule has 142 valence electrons. The van der Waals surface area contributed by atoms with Crippen molar-refractivity contribution in [1.29, 1.82) is 0 Å². The van der Waals surface area contributed by atoms with E-state index in [2.05, 4.69) is 65.0 Å². The van der Waals surface area contributed by atoms with Crippen LogP contribution < -0.4 is 4.74 Å². The van der Waals surface area contributed by atoms with Gasteiger partial charge in [-0.1, -0.05) is 76.8 Å². The summed E-state index contributed by atoms with van der Waals surface area (Å²) in [5.74, 6) is 0.952. The molecule has 0 bridgehead atoms. The Bertz CT molecular complexity index is 762. The van der Waals surface area contributed by atoms with E-state index >= 15 is 0 Å². The lowest BCUT2D eigenvalue weighted by Gasteiger charge is -2.40. The van der Waals surface area contributed by atoms with Crippen molar-refractivity contribution in [2.24, 2.45) is 0 Å². The summed E-state index contributed by atoms with van der Waals surface area (Å²) in [6.07, 6.45) is 3.94. The van der Waals surface area contributed by atoms with Crippen molar-refractivity contribution in [1.82, 2.24) is 0 Å². The number of hydrogen-bond acceptors (Lipinski definition) is 2. The van der Waals surface area contributed by atoms with Gasteiger partial charge in [0, 0.05) is 5.56 Å². The van der Waals surface area contributed by atoms with Crippen LogP contribution in [0.25, 0.3) is 10.8 Å². The third-order valence-electron chi connectivity index (χ3n) is 6.43. The van der Waals surface area contributed by atoms with Crippen LogP contribution in [0.2, 0.25) is 16.6 Å². The Morgan fingerprint density at radius 3 is 2.42 bits per heavy atom. The van der Waals surface area contributed by atoms with E-state index in [-0.39, 0.29) is 0 Å². The number of methoxy groups -OCH3 is 1. The summed E-state index contributed by atoms with van der Waals surface area (Å²) in [4.78, 5) is 0. The lowest BCUT2D eigenvalue weighted by atomic mass is 10.0. The molecule has 3 heteroatoms. The van der Waals surface area contributed by atoms with Crippen LogP contribution in [0.5, 0.6) is 5.75 Å². The first-order valence-corrected chi connectivity index (χ1v) is 12.3. The van der Waals surface area contributed by atoms with E-state index in [1.807, 2.05) is 0 Å². The van der Waals surface area contributed by atoms with Gasteiger partial charge in [-0.3, -0.25) is 0 Å². The van der Waals surface area contributed by atoms with Crippen molar-refractivity contribution in [2.45, 2.75) is 77.1 Å². The minimum absolute atomic E-state index is 0.646. The van der Waals surface area contributed by atoms with Gasteiger partial charge in [-0.05, 0) is 40.4 Å². The topological polar surface area (TPSA) is 18.5 Å². The zero-order valence-corrected chi connectivity index (χ0v) is 18.3. The van der Waals surface area contributed by atoms with Gasteiger partial charge in [0.1, 0.15) is 5.75 Å². The van der Waals surface area contributed by atoms with Gasteiger partial charge in [-0.15, -0.1) is 0 Å². The summed E-state index contributed by atoms with van der Waals surface area (Å²) in [5.41, 5.74) is 4.68. The summed E-state index contributed by atoms with van der Waals surface area (Å²) in [6, 6.07) is 10.9. The molecular formula is C23H34O2Si. The fourth-order valence-corrected chi connectivity index (χ4v) is 10.6. The van der Waals surface area contributed by atoms with E-state index in [1.165, 1.54) is 41.2 Å². The van der Waals surface area contributed by atoms with E-state index in [0.29, 0.717) is 17.7 Å². The van der Waals surface area contributed by atoms with Crippen molar-refractivity contribution in [3.05, 3.63) is 41.5 Å². The minimum Gasteiger partial charge on any atom is -0.496 e. The van der Waals surface area contributed by atoms with Gasteiger partial charge in [0.05, 0.1) is 13.7 Å². The molecule has 2 aromatic rings. The first-order valence-electron chi connectivity index (χ1n) is 10.1. The lowest BCUT2D eigenvalue weighted by molar-refractivity contribution is 0.263. The molecule has 2 unspecified atom stereocenters. The van der Waals surface area contributed by atoms with Crippen LogP contribution in [0, 0.1) is 6.92 Å². The van der Waals surface area contributed by atoms with E-state index in [9.17, 15) is 0 Å². The molecule has 0 aromatic heterocycles. The maximum atomic E-state index is 6.99. The van der Waals surface area contributed by atoms with E-state index < -0.39 is 8.32 Å². The highest BCUT2D eigenvalue weighted by Gasteiger charge is 2.54. The molecule has 2 atom stereocenters. The standard InChI is InChI=1S/C23H34O2Si/c1-7-18(5)26(16(2)3,20-10-11-20)25-15-22-21-12-8-17(4)14-19(21)9-13-23(22)24-6/h8-9,12-14,16,18,20H,7,10-11,15H2,1-6H3. The number of hydrogen-bond donors (Lipinski definition) is 0. The summed E-state index contributed by atoms with van der Waals surface area (Å²) in [5, 5.41) is 2.54. The number of fused-ring (bicyclic) bond motifs is 1. The van der Waals surface area contributed by atoms with E-state index in [1.54, 1.807) is 7.11 Å². The quantitative estimate of drug-likeness (QED) is 0.466. The predicted octanol–water partition coefficient (Wildman–Crippen LogP) is 6.99. The summed E-state index contributed by atoms with van der Waals surface area (Å²) >= 11 is 0. The van der Waals surface area contributed by atoms with Crippen LogP contribution in [0.1, 0.15) is 58.1 Å². The predicted molar refractivity (Wildman–Crippen MR) is 114 cm³/mol. The fraction of sp³-hybridized carbons (Fsp3) is 0.565. The molecule has 2 nitrogen and oxygen atoms in total. The van der Waals surface area contributed by atoms with Gasteiger partial charge in [-0.25, -0.2) is 0 Å². The van der Waals surface area contributed by atoms with Gasteiger partial charge >= 0.3 is 0 Å². The van der Waals surface area contributed by atoms with Gasteiger partial charge in [0.25, 0.3) is 0 Å². The Morgan fingerprint density at radius 1 is 1.12 bits per heavy atom. The fourth-order valence-electron chi connectivity index (χ4n) is 4.75. The molecule has 0 N–H and O–H groups in total. The summed E-state index contributed by atoms with van der Waals surface area (Å²) in [7, 11) is -0.0494. The smallest absolute Gasteiger partial charge is 0.201 e. The monoisotopic (exact) mass is 370 g/mol. The van der Waals surface area contributed by atoms with Crippen molar-refractivity contribution in [2.75, 3.05) is 7.11 Å². The Balaban J connectivity index is 1.99. The van der Waals surface area contributed by atoms with Crippen LogP contribution >= 0.6 is 0 Å². The molecule has 0 radical (unpaired) electrons. The highest BCUT2D eigenvalue weighted by atomic mass is 28.4. The molecule has 0 saturated heterocycles. The number of benzene rings is 2. The number of rotatable bonds is 8. The largest absolute Gasteiger partial charge is 0.496 e. The molecule has 2 aromatic carbocycles. The van der Waals surface area contributed by atoms with Crippen LogP contribution in [0.3, 0.4) is 0 Å². The molecule has 3 rings (SSSR count). The van der Waals surface area contributed by atoms with Crippen LogP contribution in [-0.4, -0.2) is 15.4 Å². The third-order valence-corrected chi connectivity index (χ3v) is 12.7. The molecule has 0 amide bonds. The molecular weight excluding hydrogens is 336 g/mol. The van der Waals surface area contributed by atoms with Gasteiger partial charge < -0.3 is 9.16 Å². The molecule has 0 aliphatic heterocycles. The Hall–Kier alpha value is -1.32. The molecule has 1 saturated carbocycles. The van der Waals surface area contributed by atoms with Crippen molar-refractivity contribution >= 4 is 19.1 Å². The minimum atomic E-state index is -1.81. The second kappa shape index (κ2) is 7.73. The first-order chi connectivity index (χ1) is 12.4. The van der Waals surface area contributed by atoms with Crippen LogP contribution in [-0.2, 0) is 11.0 Å². The molecule has 1 aliphatic rings. The molecule has 26 heavy (non-hydrogen) atoms. The zero-order chi connectivity index (χ0) is 18.9. The number of ether oxygens (including phenoxy) is 1. The highest BCUT2D eigenvalue weighted by molar-refractivity contribution is 6.78. The Labute approximate surface area is 160 Å². The second-order valence-electron chi connectivity index (χ2n) is 8.35. The lowest BCUT2D eigenvalue weighted by Crippen LogP contribution is -2.46. The van der Waals surface area contributed by atoms with E-state index in [4.69, 9.17) is 9.16 Å². The van der Waals surface area contributed by atoms with Crippen molar-refractivity contribution in [3.63, 3.8) is 0 Å². The SMILES string of the molecule is CCC(C)[Si](OCc1c(OC)ccc2cc(C)ccc12)(C(C)C)C1CC1. The third kappa shape index (κ3) is 3.44. The Kier molecular flexibility index (Phi) is 5.78. The highest BCUT2D eigenvalue weighted by Crippen LogP contribution is 2.56. The van der Waals surface area contributed by atoms with Crippen molar-refractivity contribution < 1.29 is 9.16 Å². The maximum absolute atomic E-state index is 6.99. The zero-order valence-electron chi connectivity index (χ0n) is 17.3. The average molecular weight is 371 g/mol. The maximum Gasteiger partial charge on any atom is 0.201 e. The van der Waals surface area contributed by atoms with Crippen molar-refractivity contribution in [3.8, 4) is 5.75 Å². The van der Waals surface area contributed by atoms with E-state index in [0.717, 1.165) is 11.3 Å². The van der Waals surface area contributed by atoms with Crippen LogP contribution in [0.15, 0.2) is 30.3 Å². The first kappa shape index (κ1) is 19.4. The van der Waals surface area contributed by atoms with Gasteiger partial charge in [-0.2, -0.15) is 0 Å². The molecule has 1 fully saturated rings.